The summed E-state index contributed by atoms with van der Waals surface area (Å²) in [5.74, 6) is 0.236. The highest BCUT2D eigenvalue weighted by atomic mass is 16.2. The lowest BCUT2D eigenvalue weighted by molar-refractivity contribution is 0.0683. The van der Waals surface area contributed by atoms with E-state index in [-0.39, 0.29) is 17.9 Å². The van der Waals surface area contributed by atoms with Crippen LogP contribution in [0, 0.1) is 0 Å². The third-order valence-electron chi connectivity index (χ3n) is 5.64. The predicted molar refractivity (Wildman–Crippen MR) is 114 cm³/mol. The number of carbonyl (C=O) groups is 2. The summed E-state index contributed by atoms with van der Waals surface area (Å²) in [7, 11) is 0. The van der Waals surface area contributed by atoms with Crippen molar-refractivity contribution in [2.75, 3.05) is 13.1 Å². The molecule has 1 aromatic heterocycles. The molecular formula is C23H32N4O2. The van der Waals surface area contributed by atoms with Crippen LogP contribution in [0.15, 0.2) is 30.3 Å². The zero-order valence-electron chi connectivity index (χ0n) is 18.0. The van der Waals surface area contributed by atoms with Crippen molar-refractivity contribution in [1.82, 2.24) is 19.4 Å². The maximum Gasteiger partial charge on any atom is 0.289 e. The Bertz CT molecular complexity index is 853. The first kappa shape index (κ1) is 21.1. The second-order valence-corrected chi connectivity index (χ2v) is 7.83. The van der Waals surface area contributed by atoms with Crippen molar-refractivity contribution in [2.24, 2.45) is 0 Å². The van der Waals surface area contributed by atoms with E-state index in [9.17, 15) is 9.59 Å². The molecule has 2 aromatic rings. The lowest BCUT2D eigenvalue weighted by Gasteiger charge is -2.27. The van der Waals surface area contributed by atoms with Gasteiger partial charge in [-0.3, -0.25) is 9.59 Å². The molecule has 156 valence electrons. The van der Waals surface area contributed by atoms with Crippen molar-refractivity contribution >= 4 is 11.8 Å². The van der Waals surface area contributed by atoms with Crippen molar-refractivity contribution in [1.29, 1.82) is 0 Å². The maximum atomic E-state index is 13.5. The molecule has 0 spiro atoms. The average molecular weight is 397 g/mol. The fourth-order valence-corrected chi connectivity index (χ4v) is 3.93. The first-order valence-corrected chi connectivity index (χ1v) is 10.7. The molecule has 0 radical (unpaired) electrons. The van der Waals surface area contributed by atoms with Crippen LogP contribution < -0.4 is 0 Å². The summed E-state index contributed by atoms with van der Waals surface area (Å²) in [6.07, 6.45) is 2.82. The lowest BCUT2D eigenvalue weighted by Crippen LogP contribution is -2.37. The van der Waals surface area contributed by atoms with Gasteiger partial charge in [0, 0.05) is 32.2 Å². The summed E-state index contributed by atoms with van der Waals surface area (Å²) in [6, 6.07) is 10.0. The number of hydrogen-bond acceptors (Lipinski definition) is 3. The molecule has 0 unspecified atom stereocenters. The maximum absolute atomic E-state index is 13.5. The molecule has 1 aliphatic heterocycles. The van der Waals surface area contributed by atoms with E-state index >= 15 is 0 Å². The van der Waals surface area contributed by atoms with Crippen LogP contribution in [0.2, 0.25) is 0 Å². The Morgan fingerprint density at radius 1 is 1.07 bits per heavy atom. The third-order valence-corrected chi connectivity index (χ3v) is 5.64. The Hall–Kier alpha value is -2.63. The zero-order valence-corrected chi connectivity index (χ0v) is 18.0. The highest BCUT2D eigenvalue weighted by Gasteiger charge is 2.31. The summed E-state index contributed by atoms with van der Waals surface area (Å²) in [5.41, 5.74) is 2.45. The highest BCUT2D eigenvalue weighted by molar-refractivity contribution is 5.97. The van der Waals surface area contributed by atoms with Crippen LogP contribution in [0.3, 0.4) is 0 Å². The van der Waals surface area contributed by atoms with Crippen LogP contribution in [-0.2, 0) is 19.5 Å². The summed E-state index contributed by atoms with van der Waals surface area (Å²) in [6.45, 7) is 10.5. The van der Waals surface area contributed by atoms with Gasteiger partial charge < -0.3 is 14.4 Å². The standard InChI is InChI=1S/C23H32N4O2/c1-5-25(6-2)23(29)21-24-20(19-14-10-11-15-26(19)21)22(28)27(17(3)4)16-18-12-8-7-9-13-18/h7-9,12-13,17H,5-6,10-11,14-16H2,1-4H3. The average Bonchev–Trinajstić information content (AvgIpc) is 3.12. The largest absolute Gasteiger partial charge is 0.337 e. The summed E-state index contributed by atoms with van der Waals surface area (Å²) < 4.78 is 1.98. The first-order valence-electron chi connectivity index (χ1n) is 10.7. The molecule has 2 heterocycles. The monoisotopic (exact) mass is 396 g/mol. The number of benzene rings is 1. The Morgan fingerprint density at radius 3 is 2.38 bits per heavy atom. The van der Waals surface area contributed by atoms with Crippen molar-refractivity contribution in [3.63, 3.8) is 0 Å². The van der Waals surface area contributed by atoms with E-state index < -0.39 is 0 Å². The van der Waals surface area contributed by atoms with Crippen molar-refractivity contribution in [3.8, 4) is 0 Å². The van der Waals surface area contributed by atoms with Crippen LogP contribution in [0.1, 0.15) is 72.9 Å². The van der Waals surface area contributed by atoms with Gasteiger partial charge >= 0.3 is 0 Å². The molecule has 2 amide bonds. The van der Waals surface area contributed by atoms with E-state index in [2.05, 4.69) is 4.98 Å². The topological polar surface area (TPSA) is 58.4 Å². The molecule has 6 nitrogen and oxygen atoms in total. The number of nitrogens with zero attached hydrogens (tertiary/aromatic N) is 4. The van der Waals surface area contributed by atoms with E-state index in [1.54, 1.807) is 4.90 Å². The van der Waals surface area contributed by atoms with Crippen LogP contribution >= 0.6 is 0 Å². The Labute approximate surface area is 173 Å². The Balaban J connectivity index is 1.98. The molecule has 0 N–H and O–H groups in total. The van der Waals surface area contributed by atoms with Gasteiger partial charge in [0.25, 0.3) is 11.8 Å². The van der Waals surface area contributed by atoms with E-state index in [0.29, 0.717) is 31.2 Å². The van der Waals surface area contributed by atoms with E-state index in [4.69, 9.17) is 0 Å². The molecule has 1 aromatic carbocycles. The molecule has 29 heavy (non-hydrogen) atoms. The Kier molecular flexibility index (Phi) is 6.72. The van der Waals surface area contributed by atoms with Crippen LogP contribution in [0.4, 0.5) is 0 Å². The number of carbonyl (C=O) groups excluding carboxylic acids is 2. The molecular weight excluding hydrogens is 364 g/mol. The number of rotatable bonds is 7. The van der Waals surface area contributed by atoms with Crippen molar-refractivity contribution in [3.05, 3.63) is 53.1 Å². The second-order valence-electron chi connectivity index (χ2n) is 7.83. The van der Waals surface area contributed by atoms with Gasteiger partial charge in [0.05, 0.1) is 5.69 Å². The predicted octanol–water partition coefficient (Wildman–Crippen LogP) is 3.75. The Morgan fingerprint density at radius 2 is 1.76 bits per heavy atom. The van der Waals surface area contributed by atoms with Crippen molar-refractivity contribution < 1.29 is 9.59 Å². The molecule has 6 heteroatoms. The summed E-state index contributed by atoms with van der Waals surface area (Å²) in [4.78, 5) is 34.8. The lowest BCUT2D eigenvalue weighted by atomic mass is 10.1. The molecule has 0 saturated carbocycles. The quantitative estimate of drug-likeness (QED) is 0.716. The highest BCUT2D eigenvalue weighted by Crippen LogP contribution is 2.24. The van der Waals surface area contributed by atoms with Crippen molar-refractivity contribution in [2.45, 2.75) is 66.1 Å². The molecule has 0 bridgehead atoms. The molecule has 0 aliphatic carbocycles. The van der Waals surface area contributed by atoms with Gasteiger partial charge in [-0.2, -0.15) is 0 Å². The van der Waals surface area contributed by atoms with E-state index in [1.807, 2.05) is 67.5 Å². The fourth-order valence-electron chi connectivity index (χ4n) is 3.93. The zero-order chi connectivity index (χ0) is 21.0. The van der Waals surface area contributed by atoms with E-state index in [1.165, 1.54) is 0 Å². The van der Waals surface area contributed by atoms with Gasteiger partial charge in [0.1, 0.15) is 5.69 Å². The molecule has 0 fully saturated rings. The van der Waals surface area contributed by atoms with E-state index in [0.717, 1.165) is 37.1 Å². The number of aromatic nitrogens is 2. The fraction of sp³-hybridized carbons (Fsp3) is 0.522. The molecule has 0 saturated heterocycles. The normalized spacial score (nSPS) is 13.3. The van der Waals surface area contributed by atoms with Gasteiger partial charge in [-0.1, -0.05) is 30.3 Å². The van der Waals surface area contributed by atoms with Gasteiger partial charge in [-0.15, -0.1) is 0 Å². The molecule has 3 rings (SSSR count). The minimum absolute atomic E-state index is 0.0329. The van der Waals surface area contributed by atoms with Gasteiger partial charge in [0.2, 0.25) is 0 Å². The van der Waals surface area contributed by atoms with Gasteiger partial charge in [0.15, 0.2) is 5.82 Å². The first-order chi connectivity index (χ1) is 14.0. The third kappa shape index (κ3) is 4.36. The smallest absolute Gasteiger partial charge is 0.289 e. The number of amides is 2. The number of fused-ring (bicyclic) bond motifs is 1. The van der Waals surface area contributed by atoms with Crippen LogP contribution in [-0.4, -0.2) is 50.3 Å². The number of imidazole rings is 1. The summed E-state index contributed by atoms with van der Waals surface area (Å²) in [5, 5.41) is 0. The molecule has 0 atom stereocenters. The van der Waals surface area contributed by atoms with Crippen LogP contribution in [0.25, 0.3) is 0 Å². The molecule has 1 aliphatic rings. The van der Waals surface area contributed by atoms with Gasteiger partial charge in [-0.05, 0) is 52.5 Å². The SMILES string of the molecule is CCN(CC)C(=O)c1nc(C(=O)N(Cc2ccccc2)C(C)C)c2n1CCCC2. The minimum atomic E-state index is -0.0897. The summed E-state index contributed by atoms with van der Waals surface area (Å²) >= 11 is 0. The van der Waals surface area contributed by atoms with Gasteiger partial charge in [-0.25, -0.2) is 4.98 Å². The number of hydrogen-bond donors (Lipinski definition) is 0. The minimum Gasteiger partial charge on any atom is -0.337 e. The second kappa shape index (κ2) is 9.25. The van der Waals surface area contributed by atoms with Crippen LogP contribution in [0.5, 0.6) is 0 Å².